The van der Waals surface area contributed by atoms with Crippen LogP contribution in [0.2, 0.25) is 0 Å². The third-order valence-electron chi connectivity index (χ3n) is 19.8. The smallest absolute Gasteiger partial charge is 0.328 e. The van der Waals surface area contributed by atoms with E-state index in [0.29, 0.717) is 41.6 Å². The zero-order valence-corrected chi connectivity index (χ0v) is 68.5. The van der Waals surface area contributed by atoms with Crippen LogP contribution in [0.3, 0.4) is 0 Å². The number of likely N-dealkylation sites (tertiary alicyclic amines) is 1. The molecule has 122 heavy (non-hydrogen) atoms. The number of carboxylic acid groups (broad SMARTS) is 1. The number of carbonyl (C=O) groups excluding carboxylic acids is 14. The highest BCUT2D eigenvalue weighted by Crippen LogP contribution is 2.24. The number of hydrogen-bond donors (Lipinski definition) is 26. The summed E-state index contributed by atoms with van der Waals surface area (Å²) in [5.74, 6) is -16.5. The van der Waals surface area contributed by atoms with Gasteiger partial charge in [0.1, 0.15) is 96.0 Å². The number of nitrogens with one attached hydrogen (secondary N) is 15. The predicted octanol–water partition coefficient (Wildman–Crippen LogP) is -7.54. The number of aliphatic carboxylic acids is 1. The van der Waals surface area contributed by atoms with Crippen molar-refractivity contribution in [3.05, 3.63) is 126 Å². The summed E-state index contributed by atoms with van der Waals surface area (Å²) in [5, 5.41) is 115. The van der Waals surface area contributed by atoms with Gasteiger partial charge in [-0.1, -0.05) is 82.3 Å². The van der Waals surface area contributed by atoms with Gasteiger partial charge in [-0.2, -0.15) is 0 Å². The van der Waals surface area contributed by atoms with Gasteiger partial charge in [-0.3, -0.25) is 72.4 Å². The highest BCUT2D eigenvalue weighted by atomic mass is 16.4. The number of amides is 14. The molecule has 0 saturated carbocycles. The second-order valence-corrected chi connectivity index (χ2v) is 30.4. The van der Waals surface area contributed by atoms with E-state index in [1.807, 2.05) is 17.4 Å². The molecule has 0 radical (unpaired) electrons. The number of phenolic OH excluding ortho intramolecular Hbond substituents is 3. The number of fused-ring (bicyclic) bond motifs is 1. The van der Waals surface area contributed by atoms with Crippen LogP contribution < -0.4 is 91.6 Å². The first kappa shape index (κ1) is 98.4. The summed E-state index contributed by atoms with van der Waals surface area (Å²) < 4.78 is 0. The maximum Gasteiger partial charge on any atom is 0.328 e. The number of aliphatic hydroxyl groups is 4. The first-order valence-corrected chi connectivity index (χ1v) is 39.7. The summed E-state index contributed by atoms with van der Waals surface area (Å²) in [6, 6.07) is 4.27. The summed E-state index contributed by atoms with van der Waals surface area (Å²) in [6.45, 7) is 4.43. The van der Waals surface area contributed by atoms with E-state index in [9.17, 15) is 93.0 Å². The Labute approximate surface area is 701 Å². The Morgan fingerprint density at radius 2 is 0.934 bits per heavy atom. The number of aliphatic hydroxyl groups excluding tert-OH is 4. The van der Waals surface area contributed by atoms with Crippen molar-refractivity contribution >= 4 is 99.6 Å². The van der Waals surface area contributed by atoms with Crippen LogP contribution in [0.1, 0.15) is 95.9 Å². The maximum atomic E-state index is 15.3. The van der Waals surface area contributed by atoms with Crippen molar-refractivity contribution in [3.8, 4) is 17.2 Å². The monoisotopic (exact) mass is 1710 g/mol. The van der Waals surface area contributed by atoms with E-state index in [4.69, 9.17) is 21.7 Å². The van der Waals surface area contributed by atoms with Crippen LogP contribution in [-0.2, 0) is 97.6 Å². The Hall–Kier alpha value is -12.4. The Bertz CT molecular complexity index is 4420. The number of benzene rings is 4. The number of nitrogens with zero attached hydrogens (tertiary/aromatic N) is 1. The zero-order valence-electron chi connectivity index (χ0n) is 68.5. The van der Waals surface area contributed by atoms with Crippen LogP contribution in [0.15, 0.2) is 103 Å². The lowest BCUT2D eigenvalue weighted by atomic mass is 9.99. The van der Waals surface area contributed by atoms with Gasteiger partial charge in [0.25, 0.3) is 5.91 Å². The molecular weight excluding hydrogens is 1590 g/mol. The molecule has 0 unspecified atom stereocenters. The van der Waals surface area contributed by atoms with Crippen molar-refractivity contribution in [1.82, 2.24) is 84.3 Å². The van der Waals surface area contributed by atoms with E-state index >= 15 is 9.59 Å². The summed E-state index contributed by atoms with van der Waals surface area (Å²) in [4.78, 5) is 212. The number of carbonyl (C=O) groups is 15. The molecule has 0 bridgehead atoms. The maximum absolute atomic E-state index is 15.3. The predicted molar refractivity (Wildman–Crippen MR) is 436 cm³/mol. The van der Waals surface area contributed by atoms with Crippen molar-refractivity contribution in [2.24, 2.45) is 23.3 Å². The molecule has 6 rings (SSSR count). The standard InChI is InChI=1S/C80H113N19O23/c1-40(2)29-54(73(115)98-66(43(6)103)77(119)88-42(5)67(109)96-59(37-100)70(112)87-36-64(108)90-61(39-102)79(121)122)91-71(113)56(31-45-17-23-49(105)24-18-45)92-74(116)60(38-101)89-63(107)35-86-69(111)55(30-44-15-21-48(104)22-16-44)93-75(117)62-14-10-28-99(62)78(120)58(32-46-19-25-50(106)26-20-46)95-72(114)57(33-47-34-85-53-13-8-7-11-51(47)53)94-76(118)65(41(3)4)97-68(110)52(81)12-9-27-84-80(82)83/h7-8,11,13,15-26,34,40-43,52,54-62,65-66,80,84-85,100-106H,9-10,12,14,27-33,35-39,81-83H2,1-6H3,(H,86,111)(H,87,112)(H,88,119)(H,89,107)(H,90,108)(H,91,113)(H,92,116)(H,93,117)(H,94,118)(H,95,114)(H,96,109)(H,97,110)(H,98,115)(H,121,122)/p+1/t42-,43+,52-,54-,55-,56-,57-,58-,59-,60-,61-,62-,65-,66-/m0/s1. The Morgan fingerprint density at radius 3 is 1.45 bits per heavy atom. The normalized spacial score (nSPS) is 15.8. The second kappa shape index (κ2) is 48.1. The van der Waals surface area contributed by atoms with Crippen LogP contribution in [0.4, 0.5) is 0 Å². The zero-order chi connectivity index (χ0) is 90.2. The molecular formula is C80H114N19O23+. The van der Waals surface area contributed by atoms with Crippen LogP contribution in [0.5, 0.6) is 17.2 Å². The van der Waals surface area contributed by atoms with Gasteiger partial charge in [0, 0.05) is 55.7 Å². The number of rotatable bonds is 48. The minimum absolute atomic E-state index is 0.0343. The lowest BCUT2D eigenvalue weighted by molar-refractivity contribution is -0.405. The molecule has 30 N–H and O–H groups in total. The minimum atomic E-state index is -1.87. The molecule has 1 aliphatic heterocycles. The summed E-state index contributed by atoms with van der Waals surface area (Å²) in [6.07, 6.45) is -0.875. The lowest BCUT2D eigenvalue weighted by Crippen LogP contribution is -2.69. The molecule has 0 aliphatic carbocycles. The second-order valence-electron chi connectivity index (χ2n) is 30.4. The average Bonchev–Trinajstić information content (AvgIpc) is 1.62. The van der Waals surface area contributed by atoms with Crippen molar-refractivity contribution in [1.29, 1.82) is 0 Å². The number of nitrogens with two attached hydrogens (primary N) is 2. The number of quaternary nitrogens is 1. The Kier molecular flexibility index (Phi) is 38.8. The topological polar surface area (TPSA) is 685 Å². The van der Waals surface area contributed by atoms with Gasteiger partial charge in [-0.25, -0.2) is 4.79 Å². The number of H-pyrrole nitrogens is 1. The molecule has 14 amide bonds. The molecule has 1 fully saturated rings. The third-order valence-corrected chi connectivity index (χ3v) is 19.8. The van der Waals surface area contributed by atoms with Gasteiger partial charge < -0.3 is 137 Å². The molecule has 1 saturated heterocycles. The van der Waals surface area contributed by atoms with Crippen molar-refractivity contribution < 1.29 is 119 Å². The van der Waals surface area contributed by atoms with Gasteiger partial charge in [0.05, 0.1) is 39.0 Å². The molecule has 666 valence electrons. The highest BCUT2D eigenvalue weighted by molar-refractivity contribution is 6.01. The molecule has 1 aliphatic rings. The SMILES string of the molecule is CC(C)C[C@H](NC(=O)[C@H](Cc1ccc(O)cc1)NC(=O)[C@H](CO)NC(=O)CNC(=O)[C@H](Cc1ccc(O)cc1)NC(=O)[C@@H]1CCCN1C(=O)[C@H](Cc1ccc(O)cc1)NC(=O)[C@H](Cc1c[nH]c2ccccc12)NC(=O)[C@@H](NC(=O)[C@@H]([NH3+])CCCNC(N)N)C(C)C)C(=O)N[C@H](C(=O)N[C@@H](C)C(=O)N[C@@H](CO)C(=O)NCC(=O)N[C@@H](CO)C(=O)O)[C@@H](C)O. The summed E-state index contributed by atoms with van der Waals surface area (Å²) in [5.41, 5.74) is 17.6. The molecule has 5 aromatic rings. The van der Waals surface area contributed by atoms with E-state index < -0.39 is 224 Å². The quantitative estimate of drug-likeness (QED) is 0.0127. The van der Waals surface area contributed by atoms with Gasteiger partial charge in [0.2, 0.25) is 76.8 Å². The molecule has 4 aromatic carbocycles. The molecule has 1 aromatic heterocycles. The molecule has 2 heterocycles. The van der Waals surface area contributed by atoms with Crippen molar-refractivity contribution in [3.63, 3.8) is 0 Å². The van der Waals surface area contributed by atoms with Crippen LogP contribution in [0, 0.1) is 11.8 Å². The van der Waals surface area contributed by atoms with Crippen molar-refractivity contribution in [2.75, 3.05) is 46.0 Å². The van der Waals surface area contributed by atoms with Crippen LogP contribution in [0.25, 0.3) is 10.9 Å². The fourth-order valence-electron chi connectivity index (χ4n) is 13.0. The number of phenols is 3. The first-order chi connectivity index (χ1) is 57.8. The minimum Gasteiger partial charge on any atom is -0.508 e. The fourth-order valence-corrected chi connectivity index (χ4v) is 13.0. The number of aromatic amines is 1. The fraction of sp³-hybridized carbons (Fsp3) is 0.487. The van der Waals surface area contributed by atoms with E-state index in [1.54, 1.807) is 46.0 Å². The molecule has 42 heteroatoms. The van der Waals surface area contributed by atoms with Gasteiger partial charge in [-0.15, -0.1) is 0 Å². The Morgan fingerprint density at radius 1 is 0.492 bits per heavy atom. The third kappa shape index (κ3) is 31.0. The van der Waals surface area contributed by atoms with E-state index in [1.165, 1.54) is 77.7 Å². The highest BCUT2D eigenvalue weighted by Gasteiger charge is 2.42. The van der Waals surface area contributed by atoms with E-state index in [-0.39, 0.29) is 68.7 Å². The number of para-hydroxylation sites is 1. The largest absolute Gasteiger partial charge is 0.508 e. The first-order valence-electron chi connectivity index (χ1n) is 39.7. The summed E-state index contributed by atoms with van der Waals surface area (Å²) in [7, 11) is 0. The lowest BCUT2D eigenvalue weighted by Gasteiger charge is -2.31. The Balaban J connectivity index is 1.16. The summed E-state index contributed by atoms with van der Waals surface area (Å²) >= 11 is 0. The number of hydrogen-bond acceptors (Lipinski definition) is 25. The number of aromatic nitrogens is 1. The van der Waals surface area contributed by atoms with Gasteiger partial charge in [-0.05, 0) is 123 Å². The van der Waals surface area contributed by atoms with Crippen LogP contribution in [-0.4, -0.2) is 276 Å². The van der Waals surface area contributed by atoms with Gasteiger partial charge in [0.15, 0.2) is 6.04 Å². The van der Waals surface area contributed by atoms with Gasteiger partial charge >= 0.3 is 5.97 Å². The number of carboxylic acids is 1. The van der Waals surface area contributed by atoms with Crippen LogP contribution >= 0.6 is 0 Å². The average molecular weight is 1710 g/mol. The van der Waals surface area contributed by atoms with Crippen molar-refractivity contribution in [2.45, 2.75) is 190 Å². The van der Waals surface area contributed by atoms with E-state index in [2.05, 4.69) is 79.8 Å². The number of aromatic hydroxyl groups is 3. The van der Waals surface area contributed by atoms with E-state index in [0.717, 1.165) is 24.8 Å². The molecule has 14 atom stereocenters. The molecule has 42 nitrogen and oxygen atoms in total. The molecule has 0 spiro atoms.